The summed E-state index contributed by atoms with van der Waals surface area (Å²) in [5.41, 5.74) is -1.48. The molecule has 0 radical (unpaired) electrons. The number of halogens is 5. The van der Waals surface area contributed by atoms with Crippen molar-refractivity contribution in [2.45, 2.75) is 11.8 Å². The van der Waals surface area contributed by atoms with Crippen LogP contribution in [-0.4, -0.2) is 30.2 Å². The third-order valence-electron chi connectivity index (χ3n) is 3.63. The Kier molecular flexibility index (Phi) is 4.53. The first kappa shape index (κ1) is 18.1. The summed E-state index contributed by atoms with van der Waals surface area (Å²) in [5.74, 6) is -4.47. The van der Waals surface area contributed by atoms with Crippen LogP contribution in [0.3, 0.4) is 0 Å². The molecule has 2 aromatic rings. The van der Waals surface area contributed by atoms with Gasteiger partial charge < -0.3 is 14.8 Å². The summed E-state index contributed by atoms with van der Waals surface area (Å²) in [6, 6.07) is 5.54. The number of pyridine rings is 1. The highest BCUT2D eigenvalue weighted by atomic mass is 19.4. The van der Waals surface area contributed by atoms with Gasteiger partial charge in [0, 0.05) is 19.2 Å². The summed E-state index contributed by atoms with van der Waals surface area (Å²) < 4.78 is 73.9. The molecule has 138 valence electrons. The summed E-state index contributed by atoms with van der Waals surface area (Å²) in [5, 5.41) is 2.86. The summed E-state index contributed by atoms with van der Waals surface area (Å²) in [6.45, 7) is 0.221. The number of rotatable bonds is 4. The van der Waals surface area contributed by atoms with Gasteiger partial charge in [-0.05, 0) is 24.3 Å². The lowest BCUT2D eigenvalue weighted by molar-refractivity contribution is -0.189. The molecule has 1 aliphatic rings. The Morgan fingerprint density at radius 1 is 1.12 bits per heavy atom. The van der Waals surface area contributed by atoms with E-state index in [-0.39, 0.29) is 24.5 Å². The SMILES string of the molecule is O=C(Oc1cc(F)cnc1C1(Oc2ccc(F)cc2)CNC1)C(F)(F)F. The van der Waals surface area contributed by atoms with Crippen LogP contribution in [0.4, 0.5) is 22.0 Å². The van der Waals surface area contributed by atoms with Crippen molar-refractivity contribution in [2.24, 2.45) is 0 Å². The molecule has 5 nitrogen and oxygen atoms in total. The standard InChI is InChI=1S/C16H11F5N2O3/c17-9-1-3-11(4-2-9)26-15(7-22-8-15)13-12(5-10(18)6-23-13)25-14(24)16(19,20)21/h1-6,22H,7-8H2. The topological polar surface area (TPSA) is 60.5 Å². The Hall–Kier alpha value is -2.75. The highest BCUT2D eigenvalue weighted by molar-refractivity contribution is 5.78. The van der Waals surface area contributed by atoms with Crippen molar-refractivity contribution in [3.8, 4) is 11.5 Å². The minimum absolute atomic E-state index is 0.111. The smallest absolute Gasteiger partial charge is 0.478 e. The molecule has 1 N–H and O–H groups in total. The van der Waals surface area contributed by atoms with Gasteiger partial charge in [-0.15, -0.1) is 0 Å². The lowest BCUT2D eigenvalue weighted by Gasteiger charge is -2.42. The van der Waals surface area contributed by atoms with E-state index in [2.05, 4.69) is 15.0 Å². The number of ether oxygens (including phenoxy) is 2. The van der Waals surface area contributed by atoms with Gasteiger partial charge in [-0.25, -0.2) is 18.6 Å². The highest BCUT2D eigenvalue weighted by Crippen LogP contribution is 2.37. The molecule has 1 aromatic heterocycles. The van der Waals surface area contributed by atoms with Crippen molar-refractivity contribution in [1.82, 2.24) is 10.3 Å². The number of hydrogen-bond acceptors (Lipinski definition) is 5. The maximum absolute atomic E-state index is 13.4. The van der Waals surface area contributed by atoms with Crippen LogP contribution in [0, 0.1) is 11.6 Å². The van der Waals surface area contributed by atoms with Crippen LogP contribution < -0.4 is 14.8 Å². The molecule has 0 saturated carbocycles. The molecule has 1 fully saturated rings. The first-order valence-corrected chi connectivity index (χ1v) is 7.30. The first-order valence-electron chi connectivity index (χ1n) is 7.30. The van der Waals surface area contributed by atoms with E-state index in [1.807, 2.05) is 0 Å². The van der Waals surface area contributed by atoms with Crippen LogP contribution in [0.2, 0.25) is 0 Å². The normalized spacial score (nSPS) is 15.9. The third kappa shape index (κ3) is 3.59. The second-order valence-corrected chi connectivity index (χ2v) is 5.54. The second-order valence-electron chi connectivity index (χ2n) is 5.54. The summed E-state index contributed by atoms with van der Waals surface area (Å²) in [6.07, 6.45) is -4.49. The summed E-state index contributed by atoms with van der Waals surface area (Å²) >= 11 is 0. The maximum atomic E-state index is 13.4. The minimum Gasteiger partial charge on any atom is -0.478 e. The number of carbonyl (C=O) groups is 1. The van der Waals surface area contributed by atoms with Crippen molar-refractivity contribution >= 4 is 5.97 Å². The Bertz CT molecular complexity index is 820. The van der Waals surface area contributed by atoms with Gasteiger partial charge in [-0.1, -0.05) is 0 Å². The zero-order valence-electron chi connectivity index (χ0n) is 12.9. The van der Waals surface area contributed by atoms with E-state index in [1.54, 1.807) is 0 Å². The summed E-state index contributed by atoms with van der Waals surface area (Å²) in [4.78, 5) is 14.9. The van der Waals surface area contributed by atoms with Crippen molar-refractivity contribution in [3.63, 3.8) is 0 Å². The molecule has 1 aromatic carbocycles. The maximum Gasteiger partial charge on any atom is 0.491 e. The fraction of sp³-hybridized carbons (Fsp3) is 0.250. The lowest BCUT2D eigenvalue weighted by Crippen LogP contribution is -2.61. The molecular weight excluding hydrogens is 363 g/mol. The minimum atomic E-state index is -5.26. The number of aromatic nitrogens is 1. The zero-order chi connectivity index (χ0) is 18.9. The van der Waals surface area contributed by atoms with Gasteiger partial charge in [-0.2, -0.15) is 13.2 Å². The number of alkyl halides is 3. The number of hydrogen-bond donors (Lipinski definition) is 1. The number of benzene rings is 1. The van der Waals surface area contributed by atoms with Crippen molar-refractivity contribution in [1.29, 1.82) is 0 Å². The van der Waals surface area contributed by atoms with Crippen molar-refractivity contribution in [2.75, 3.05) is 13.1 Å². The molecule has 0 unspecified atom stereocenters. The number of esters is 1. The van der Waals surface area contributed by atoms with Crippen LogP contribution >= 0.6 is 0 Å². The van der Waals surface area contributed by atoms with E-state index >= 15 is 0 Å². The predicted octanol–water partition coefficient (Wildman–Crippen LogP) is 2.71. The molecule has 3 rings (SSSR count). The molecule has 0 bridgehead atoms. The van der Waals surface area contributed by atoms with E-state index in [0.717, 1.165) is 18.3 Å². The molecule has 2 heterocycles. The third-order valence-corrected chi connectivity index (χ3v) is 3.63. The lowest BCUT2D eigenvalue weighted by atomic mass is 9.91. The van der Waals surface area contributed by atoms with Gasteiger partial charge in [0.1, 0.15) is 23.1 Å². The van der Waals surface area contributed by atoms with Gasteiger partial charge in [0.25, 0.3) is 0 Å². The largest absolute Gasteiger partial charge is 0.491 e. The Morgan fingerprint density at radius 3 is 2.31 bits per heavy atom. The fourth-order valence-corrected chi connectivity index (χ4v) is 2.37. The van der Waals surface area contributed by atoms with Gasteiger partial charge in [0.2, 0.25) is 0 Å². The molecule has 0 aliphatic carbocycles. The fourth-order valence-electron chi connectivity index (χ4n) is 2.37. The van der Waals surface area contributed by atoms with Crippen molar-refractivity contribution in [3.05, 3.63) is 53.9 Å². The molecule has 0 spiro atoms. The molecular formula is C16H11F5N2O3. The summed E-state index contributed by atoms with van der Waals surface area (Å²) in [7, 11) is 0. The molecule has 1 aliphatic heterocycles. The second kappa shape index (κ2) is 6.52. The number of nitrogens with one attached hydrogen (secondary N) is 1. The van der Waals surface area contributed by atoms with Crippen LogP contribution in [0.5, 0.6) is 11.5 Å². The van der Waals surface area contributed by atoms with E-state index in [0.29, 0.717) is 6.07 Å². The molecule has 10 heteroatoms. The zero-order valence-corrected chi connectivity index (χ0v) is 12.9. The highest BCUT2D eigenvalue weighted by Gasteiger charge is 2.47. The molecule has 1 saturated heterocycles. The quantitative estimate of drug-likeness (QED) is 0.659. The Morgan fingerprint density at radius 2 is 1.77 bits per heavy atom. The predicted molar refractivity (Wildman–Crippen MR) is 77.5 cm³/mol. The average Bonchev–Trinajstić information content (AvgIpc) is 2.52. The first-order chi connectivity index (χ1) is 12.2. The van der Waals surface area contributed by atoms with Crippen LogP contribution in [0.1, 0.15) is 5.69 Å². The van der Waals surface area contributed by atoms with Crippen molar-refractivity contribution < 1.29 is 36.2 Å². The van der Waals surface area contributed by atoms with E-state index in [1.165, 1.54) is 12.1 Å². The molecule has 0 atom stereocenters. The molecule has 0 amide bonds. The van der Waals surface area contributed by atoms with Crippen LogP contribution in [-0.2, 0) is 10.4 Å². The monoisotopic (exact) mass is 374 g/mol. The number of carbonyl (C=O) groups excluding carboxylic acids is 1. The molecule has 26 heavy (non-hydrogen) atoms. The van der Waals surface area contributed by atoms with E-state index in [9.17, 15) is 26.7 Å². The Labute approximate surface area is 143 Å². The average molecular weight is 374 g/mol. The van der Waals surface area contributed by atoms with Gasteiger partial charge in [0.05, 0.1) is 6.20 Å². The van der Waals surface area contributed by atoms with Crippen LogP contribution in [0.15, 0.2) is 36.5 Å². The van der Waals surface area contributed by atoms with E-state index < -0.39 is 35.1 Å². The van der Waals surface area contributed by atoms with Gasteiger partial charge in [-0.3, -0.25) is 0 Å². The van der Waals surface area contributed by atoms with Crippen LogP contribution in [0.25, 0.3) is 0 Å². The van der Waals surface area contributed by atoms with Gasteiger partial charge >= 0.3 is 12.1 Å². The van der Waals surface area contributed by atoms with Gasteiger partial charge in [0.15, 0.2) is 11.4 Å². The Balaban J connectivity index is 1.95. The number of nitrogens with zero attached hydrogens (tertiary/aromatic N) is 1. The van der Waals surface area contributed by atoms with E-state index in [4.69, 9.17) is 4.74 Å².